The van der Waals surface area contributed by atoms with Crippen LogP contribution in [-0.2, 0) is 0 Å². The van der Waals surface area contributed by atoms with Crippen molar-refractivity contribution in [2.24, 2.45) is 0 Å². The lowest BCUT2D eigenvalue weighted by molar-refractivity contribution is 1.29. The summed E-state index contributed by atoms with van der Waals surface area (Å²) in [6.07, 6.45) is 19.3. The first-order valence-corrected chi connectivity index (χ1v) is 20.9. The standard InChI is InChI=1S/C57H35N7/c1-2-6-38(7-3-1)10-14-40-8-4-5-9-41(40)15-11-39-12-16-42(17-13-39)54-46-18-20-48(61-46)55(43-26-32-58-33-27-43)50-22-24-52(63-50)57(45-30-36-60-37-31-45)53-25-23-51(64-53)56(44-28-34-59-35-29-44)49-21-19-47(54)62-49/h1-9,12-13,16-37,61,64H. The maximum absolute atomic E-state index is 5.42. The molecule has 0 saturated carbocycles. The minimum absolute atomic E-state index is 0.821. The molecule has 0 spiro atoms. The van der Waals surface area contributed by atoms with Gasteiger partial charge in [0.2, 0.25) is 0 Å². The molecule has 0 radical (unpaired) electrons. The molecule has 7 nitrogen and oxygen atoms in total. The van der Waals surface area contributed by atoms with Gasteiger partial charge in [-0.1, -0.05) is 66.1 Å². The minimum atomic E-state index is 0.821. The molecular weight excluding hydrogens is 783 g/mol. The highest BCUT2D eigenvalue weighted by atomic mass is 14.8. The lowest BCUT2D eigenvalue weighted by Crippen LogP contribution is -1.90. The van der Waals surface area contributed by atoms with Crippen LogP contribution in [0.1, 0.15) is 45.0 Å². The minimum Gasteiger partial charge on any atom is -0.354 e. The highest BCUT2D eigenvalue weighted by Gasteiger charge is 2.19. The Bertz CT molecular complexity index is 3550. The van der Waals surface area contributed by atoms with Gasteiger partial charge in [0.05, 0.1) is 22.8 Å². The average molecular weight is 818 g/mol. The van der Waals surface area contributed by atoms with Gasteiger partial charge in [-0.25, -0.2) is 9.97 Å². The van der Waals surface area contributed by atoms with Gasteiger partial charge >= 0.3 is 0 Å². The summed E-state index contributed by atoms with van der Waals surface area (Å²) in [5, 5.41) is 0. The summed E-state index contributed by atoms with van der Waals surface area (Å²) in [7, 11) is 0. The fraction of sp³-hybridized carbons (Fsp3) is 0. The molecule has 8 heterocycles. The Morgan fingerprint density at radius 2 is 0.625 bits per heavy atom. The number of rotatable bonds is 4. The predicted octanol–water partition coefficient (Wildman–Crippen LogP) is 12.3. The number of H-pyrrole nitrogens is 2. The topological polar surface area (TPSA) is 96.0 Å². The zero-order valence-electron chi connectivity index (χ0n) is 34.3. The SMILES string of the molecule is C(#Cc1ccccc1C#Cc1ccc(-c2c3nc(c(-c4ccncc4)c4ccc([nH]4)c(-c4ccncc4)c4nc(c(-c5ccncc5)c5ccc2[nH]5)C=C4)C=C3)cc1)c1ccccc1. The maximum atomic E-state index is 5.42. The van der Waals surface area contributed by atoms with Gasteiger partial charge in [-0.2, -0.15) is 0 Å². The Labute approximate surface area is 369 Å². The van der Waals surface area contributed by atoms with E-state index in [0.717, 1.165) is 112 Å². The van der Waals surface area contributed by atoms with Gasteiger partial charge in [0.1, 0.15) is 0 Å². The lowest BCUT2D eigenvalue weighted by Gasteiger charge is -2.07. The van der Waals surface area contributed by atoms with E-state index in [-0.39, 0.29) is 0 Å². The van der Waals surface area contributed by atoms with E-state index in [1.165, 1.54) is 0 Å². The molecule has 9 aromatic rings. The molecule has 0 saturated heterocycles. The van der Waals surface area contributed by atoms with Crippen LogP contribution in [-0.4, -0.2) is 34.9 Å². The summed E-state index contributed by atoms with van der Waals surface area (Å²) in [4.78, 5) is 31.4. The Kier molecular flexibility index (Phi) is 9.87. The van der Waals surface area contributed by atoms with Crippen LogP contribution in [0.2, 0.25) is 0 Å². The van der Waals surface area contributed by atoms with E-state index in [1.807, 2.05) is 128 Å². The summed E-state index contributed by atoms with van der Waals surface area (Å²) in [6.45, 7) is 0. The third-order valence-electron chi connectivity index (χ3n) is 11.2. The number of aromatic nitrogens is 7. The van der Waals surface area contributed by atoms with Crippen LogP contribution >= 0.6 is 0 Å². The van der Waals surface area contributed by atoms with Crippen molar-refractivity contribution in [3.63, 3.8) is 0 Å². The fourth-order valence-corrected chi connectivity index (χ4v) is 8.20. The number of fused-ring (bicyclic) bond motifs is 8. The molecule has 11 rings (SSSR count). The van der Waals surface area contributed by atoms with Gasteiger partial charge in [0.25, 0.3) is 0 Å². The molecule has 0 atom stereocenters. The van der Waals surface area contributed by atoms with Crippen molar-refractivity contribution in [3.8, 4) is 68.2 Å². The van der Waals surface area contributed by atoms with E-state index in [9.17, 15) is 0 Å². The van der Waals surface area contributed by atoms with E-state index in [2.05, 4.69) is 121 Å². The molecule has 8 bridgehead atoms. The smallest absolute Gasteiger partial charge is 0.0737 e. The molecule has 0 unspecified atom stereocenters. The molecule has 2 aliphatic rings. The number of pyridine rings is 3. The van der Waals surface area contributed by atoms with E-state index in [1.54, 1.807) is 0 Å². The molecule has 6 aromatic heterocycles. The van der Waals surface area contributed by atoms with Crippen LogP contribution < -0.4 is 0 Å². The molecular formula is C57H35N7. The molecule has 2 N–H and O–H groups in total. The van der Waals surface area contributed by atoms with Crippen molar-refractivity contribution >= 4 is 46.4 Å². The molecule has 2 aliphatic heterocycles. The number of benzene rings is 3. The number of nitrogens with zero attached hydrogens (tertiary/aromatic N) is 5. The Morgan fingerprint density at radius 3 is 1.00 bits per heavy atom. The molecule has 0 amide bonds. The first kappa shape index (κ1) is 37.8. The van der Waals surface area contributed by atoms with E-state index >= 15 is 0 Å². The van der Waals surface area contributed by atoms with Crippen LogP contribution in [0.3, 0.4) is 0 Å². The Hall–Kier alpha value is -9.17. The van der Waals surface area contributed by atoms with Gasteiger partial charge in [-0.05, 0) is 144 Å². The normalized spacial score (nSPS) is 11.4. The zero-order valence-corrected chi connectivity index (χ0v) is 34.3. The van der Waals surface area contributed by atoms with E-state index in [0.29, 0.717) is 0 Å². The first-order chi connectivity index (χ1) is 31.7. The van der Waals surface area contributed by atoms with Crippen molar-refractivity contribution in [1.82, 2.24) is 34.9 Å². The van der Waals surface area contributed by atoms with Crippen LogP contribution in [0.15, 0.2) is 177 Å². The number of hydrogen-bond donors (Lipinski definition) is 2. The van der Waals surface area contributed by atoms with Crippen LogP contribution in [0, 0.1) is 23.7 Å². The molecule has 298 valence electrons. The highest BCUT2D eigenvalue weighted by molar-refractivity contribution is 5.99. The summed E-state index contributed by atoms with van der Waals surface area (Å²) in [6, 6.07) is 47.0. The Morgan fingerprint density at radius 1 is 0.297 bits per heavy atom. The van der Waals surface area contributed by atoms with Gasteiger partial charge in [-0.3, -0.25) is 15.0 Å². The monoisotopic (exact) mass is 817 g/mol. The molecule has 64 heavy (non-hydrogen) atoms. The maximum Gasteiger partial charge on any atom is 0.0737 e. The summed E-state index contributed by atoms with van der Waals surface area (Å²) in [5.74, 6) is 13.4. The summed E-state index contributed by atoms with van der Waals surface area (Å²) in [5.41, 5.74) is 18.4. The lowest BCUT2D eigenvalue weighted by atomic mass is 10.0. The molecule has 3 aromatic carbocycles. The van der Waals surface area contributed by atoms with Gasteiger partial charge < -0.3 is 9.97 Å². The summed E-state index contributed by atoms with van der Waals surface area (Å²) < 4.78 is 0. The zero-order chi connectivity index (χ0) is 42.7. The number of aromatic amines is 2. The molecule has 0 aliphatic carbocycles. The fourth-order valence-electron chi connectivity index (χ4n) is 8.20. The number of hydrogen-bond acceptors (Lipinski definition) is 5. The van der Waals surface area contributed by atoms with Crippen molar-refractivity contribution in [1.29, 1.82) is 0 Å². The average Bonchev–Trinajstić information content (AvgIpc) is 4.21. The molecule has 7 heteroatoms. The number of nitrogens with one attached hydrogen (secondary N) is 2. The van der Waals surface area contributed by atoms with Gasteiger partial charge in [0, 0.05) is 104 Å². The van der Waals surface area contributed by atoms with E-state index in [4.69, 9.17) is 9.97 Å². The van der Waals surface area contributed by atoms with Crippen molar-refractivity contribution in [3.05, 3.63) is 222 Å². The second kappa shape index (κ2) is 16.7. The predicted molar refractivity (Wildman–Crippen MR) is 259 cm³/mol. The quantitative estimate of drug-likeness (QED) is 0.172. The van der Waals surface area contributed by atoms with Crippen molar-refractivity contribution in [2.75, 3.05) is 0 Å². The van der Waals surface area contributed by atoms with Crippen LogP contribution in [0.25, 0.3) is 90.9 Å². The second-order valence-electron chi connectivity index (χ2n) is 15.2. The highest BCUT2D eigenvalue weighted by Crippen LogP contribution is 2.38. The first-order valence-electron chi connectivity index (χ1n) is 20.9. The third kappa shape index (κ3) is 7.47. The second-order valence-corrected chi connectivity index (χ2v) is 15.2. The Balaban J connectivity index is 1.13. The summed E-state index contributed by atoms with van der Waals surface area (Å²) >= 11 is 0. The largest absolute Gasteiger partial charge is 0.354 e. The van der Waals surface area contributed by atoms with Crippen molar-refractivity contribution in [2.45, 2.75) is 0 Å². The van der Waals surface area contributed by atoms with Gasteiger partial charge in [0.15, 0.2) is 0 Å². The van der Waals surface area contributed by atoms with Gasteiger partial charge in [-0.15, -0.1) is 0 Å². The third-order valence-corrected chi connectivity index (χ3v) is 11.2. The van der Waals surface area contributed by atoms with Crippen LogP contribution in [0.4, 0.5) is 0 Å². The van der Waals surface area contributed by atoms with E-state index < -0.39 is 0 Å². The van der Waals surface area contributed by atoms with Crippen molar-refractivity contribution < 1.29 is 0 Å². The van der Waals surface area contributed by atoms with Crippen LogP contribution in [0.5, 0.6) is 0 Å². The molecule has 0 fully saturated rings.